The summed E-state index contributed by atoms with van der Waals surface area (Å²) < 4.78 is 1.25. The smallest absolute Gasteiger partial charge is 0.271 e. The van der Waals surface area contributed by atoms with Crippen molar-refractivity contribution < 1.29 is 14.7 Å². The van der Waals surface area contributed by atoms with Crippen LogP contribution in [0.2, 0.25) is 0 Å². The van der Waals surface area contributed by atoms with E-state index in [1.165, 1.54) is 23.2 Å². The molecule has 1 amide bonds. The van der Waals surface area contributed by atoms with Gasteiger partial charge in [0.15, 0.2) is 5.78 Å². The highest BCUT2D eigenvalue weighted by Crippen LogP contribution is 2.34. The lowest BCUT2D eigenvalue weighted by Gasteiger charge is -2.18. The summed E-state index contributed by atoms with van der Waals surface area (Å²) >= 11 is 7.84. The number of aromatic hydroxyl groups is 1. The normalized spacial score (nSPS) is 15.1. The monoisotopic (exact) mass is 459 g/mol. The van der Waals surface area contributed by atoms with Gasteiger partial charge >= 0.3 is 0 Å². The van der Waals surface area contributed by atoms with Gasteiger partial charge in [0.05, 0.1) is 17.0 Å². The van der Waals surface area contributed by atoms with Gasteiger partial charge in [0.1, 0.15) is 16.0 Å². The van der Waals surface area contributed by atoms with E-state index in [1.54, 1.807) is 13.0 Å². The van der Waals surface area contributed by atoms with Crippen LogP contribution in [0.25, 0.3) is 6.08 Å². The number of Topliss-reactive ketones (excluding diaryl/α,β-unsaturated/α-hetero) is 1. The molecule has 1 aliphatic rings. The Labute approximate surface area is 186 Å². The van der Waals surface area contributed by atoms with Gasteiger partial charge in [-0.25, -0.2) is 0 Å². The Morgan fingerprint density at radius 2 is 2.13 bits per heavy atom. The first-order valence-corrected chi connectivity index (χ1v) is 11.1. The molecule has 7 nitrogen and oxygen atoms in total. The Morgan fingerprint density at radius 3 is 2.73 bits per heavy atom. The van der Waals surface area contributed by atoms with Crippen LogP contribution in [-0.2, 0) is 11.3 Å². The molecule has 0 spiro atoms. The van der Waals surface area contributed by atoms with E-state index >= 15 is 0 Å². The molecule has 154 valence electrons. The third kappa shape index (κ3) is 3.96. The molecule has 0 atom stereocenters. The van der Waals surface area contributed by atoms with Crippen LogP contribution in [0, 0.1) is 18.3 Å². The van der Waals surface area contributed by atoms with Crippen LogP contribution in [0.4, 0.5) is 0 Å². The van der Waals surface area contributed by atoms with Gasteiger partial charge in [-0.3, -0.25) is 23.9 Å². The molecule has 10 heteroatoms. The summed E-state index contributed by atoms with van der Waals surface area (Å²) in [6.07, 6.45) is 2.24. The number of thiocarbonyl (C=S) groups is 1. The van der Waals surface area contributed by atoms with E-state index in [0.29, 0.717) is 11.3 Å². The predicted molar refractivity (Wildman–Crippen MR) is 121 cm³/mol. The first-order chi connectivity index (χ1) is 14.3. The molecule has 0 aromatic carbocycles. The molecule has 1 aliphatic heterocycles. The number of thioether (sulfide) groups is 1. The zero-order valence-electron chi connectivity index (χ0n) is 16.2. The number of carbonyl (C=O) groups is 2. The number of aromatic nitrogens is 1. The second kappa shape index (κ2) is 8.95. The second-order valence-electron chi connectivity index (χ2n) is 6.47. The highest BCUT2D eigenvalue weighted by Gasteiger charge is 2.35. The van der Waals surface area contributed by atoms with Crippen molar-refractivity contribution in [2.75, 3.05) is 6.54 Å². The molecule has 1 N–H and O–H groups in total. The molecule has 0 saturated carbocycles. The van der Waals surface area contributed by atoms with E-state index in [-0.39, 0.29) is 27.6 Å². The molecule has 3 rings (SSSR count). The number of nitriles is 1. The molecule has 2 aromatic rings. The Bertz CT molecular complexity index is 1170. The third-order valence-electron chi connectivity index (χ3n) is 4.52. The van der Waals surface area contributed by atoms with Crippen molar-refractivity contribution in [2.24, 2.45) is 0 Å². The van der Waals surface area contributed by atoms with Crippen molar-refractivity contribution in [1.29, 1.82) is 5.26 Å². The Kier molecular flexibility index (Phi) is 6.55. The number of carbonyl (C=O) groups excluding carboxylic acids is 2. The maximum atomic E-state index is 13.0. The first-order valence-electron chi connectivity index (χ1n) is 8.98. The fourth-order valence-corrected chi connectivity index (χ4v) is 5.06. The number of pyridine rings is 1. The van der Waals surface area contributed by atoms with Gasteiger partial charge in [-0.1, -0.05) is 37.0 Å². The van der Waals surface area contributed by atoms with Gasteiger partial charge in [0, 0.05) is 11.4 Å². The van der Waals surface area contributed by atoms with Crippen molar-refractivity contribution in [2.45, 2.75) is 26.8 Å². The fraction of sp³-hybridized carbons (Fsp3) is 0.250. The quantitative estimate of drug-likeness (QED) is 0.402. The minimum atomic E-state index is -0.643. The standard InChI is InChI=1S/C20H17N3O4S3/c1-3-6-22-17(25)13(9-21)11(2)16(19(22)27)14(24)10-23-18(26)15(30-20(23)28)8-12-5-4-7-29-12/h4-5,7-8,27H,3,6,10H2,1-2H3/b15-8-. The third-order valence-corrected chi connectivity index (χ3v) is 6.72. The summed E-state index contributed by atoms with van der Waals surface area (Å²) in [5, 5.41) is 21.8. The summed E-state index contributed by atoms with van der Waals surface area (Å²) in [7, 11) is 0. The fourth-order valence-electron chi connectivity index (χ4n) is 3.08. The van der Waals surface area contributed by atoms with Gasteiger partial charge in [-0.15, -0.1) is 11.3 Å². The number of ketones is 1. The maximum Gasteiger partial charge on any atom is 0.271 e. The van der Waals surface area contributed by atoms with E-state index in [4.69, 9.17) is 12.2 Å². The number of rotatable bonds is 6. The molecular formula is C20H17N3O4S3. The van der Waals surface area contributed by atoms with Crippen LogP contribution >= 0.6 is 35.3 Å². The number of hydrogen-bond donors (Lipinski definition) is 1. The van der Waals surface area contributed by atoms with Crippen LogP contribution in [0.5, 0.6) is 5.88 Å². The number of thiophene rings is 1. The van der Waals surface area contributed by atoms with E-state index in [9.17, 15) is 24.8 Å². The minimum Gasteiger partial charge on any atom is -0.494 e. The average molecular weight is 460 g/mol. The molecule has 1 saturated heterocycles. The van der Waals surface area contributed by atoms with Gasteiger partial charge in [0.25, 0.3) is 11.5 Å². The van der Waals surface area contributed by atoms with Crippen LogP contribution in [-0.4, -0.2) is 37.1 Å². The molecule has 0 aliphatic carbocycles. The molecule has 0 unspecified atom stereocenters. The minimum absolute atomic E-state index is 0.0944. The summed E-state index contributed by atoms with van der Waals surface area (Å²) in [5.74, 6) is -1.49. The average Bonchev–Trinajstić information content (AvgIpc) is 3.30. The summed E-state index contributed by atoms with van der Waals surface area (Å²) in [4.78, 5) is 40.7. The molecule has 3 heterocycles. The number of nitrogens with zero attached hydrogens (tertiary/aromatic N) is 3. The van der Waals surface area contributed by atoms with Crippen LogP contribution < -0.4 is 5.56 Å². The summed E-state index contributed by atoms with van der Waals surface area (Å²) in [5.41, 5.74) is -0.893. The van der Waals surface area contributed by atoms with E-state index in [0.717, 1.165) is 21.2 Å². The molecule has 0 bridgehead atoms. The number of amides is 1. The van der Waals surface area contributed by atoms with E-state index in [2.05, 4.69) is 0 Å². The van der Waals surface area contributed by atoms with E-state index in [1.807, 2.05) is 23.6 Å². The highest BCUT2D eigenvalue weighted by molar-refractivity contribution is 8.26. The van der Waals surface area contributed by atoms with Crippen LogP contribution in [0.1, 0.15) is 39.7 Å². The molecule has 30 heavy (non-hydrogen) atoms. The summed E-state index contributed by atoms with van der Waals surface area (Å²) in [6, 6.07) is 5.54. The molecule has 2 aromatic heterocycles. The Hall–Kier alpha value is -2.74. The maximum absolute atomic E-state index is 13.0. The van der Waals surface area contributed by atoms with Crippen molar-refractivity contribution in [3.8, 4) is 11.9 Å². The van der Waals surface area contributed by atoms with E-state index < -0.39 is 29.7 Å². The molecule has 1 fully saturated rings. The zero-order chi connectivity index (χ0) is 22.0. The van der Waals surface area contributed by atoms with Crippen molar-refractivity contribution >= 4 is 57.4 Å². The highest BCUT2D eigenvalue weighted by atomic mass is 32.2. The molecule has 0 radical (unpaired) electrons. The topological polar surface area (TPSA) is 103 Å². The van der Waals surface area contributed by atoms with Crippen LogP contribution in [0.3, 0.4) is 0 Å². The molecular weight excluding hydrogens is 442 g/mol. The second-order valence-corrected chi connectivity index (χ2v) is 9.13. The van der Waals surface area contributed by atoms with Crippen LogP contribution in [0.15, 0.2) is 27.2 Å². The Morgan fingerprint density at radius 1 is 1.40 bits per heavy atom. The van der Waals surface area contributed by atoms with Gasteiger partial charge in [-0.2, -0.15) is 5.26 Å². The van der Waals surface area contributed by atoms with Crippen molar-refractivity contribution in [3.05, 3.63) is 54.3 Å². The lowest BCUT2D eigenvalue weighted by Crippen LogP contribution is -2.35. The lowest BCUT2D eigenvalue weighted by molar-refractivity contribution is -0.121. The lowest BCUT2D eigenvalue weighted by atomic mass is 10.0. The largest absolute Gasteiger partial charge is 0.494 e. The number of hydrogen-bond acceptors (Lipinski definition) is 8. The first kappa shape index (κ1) is 22.0. The SMILES string of the molecule is CCCn1c(O)c(C(=O)CN2C(=O)/C(=C/c3cccs3)SC2=S)c(C)c(C#N)c1=O. The van der Waals surface area contributed by atoms with Crippen molar-refractivity contribution in [3.63, 3.8) is 0 Å². The van der Waals surface area contributed by atoms with Crippen molar-refractivity contribution in [1.82, 2.24) is 9.47 Å². The predicted octanol–water partition coefficient (Wildman–Crippen LogP) is 3.29. The Balaban J connectivity index is 1.96. The van der Waals surface area contributed by atoms with Gasteiger partial charge < -0.3 is 5.11 Å². The summed E-state index contributed by atoms with van der Waals surface area (Å²) in [6.45, 7) is 3.00. The van der Waals surface area contributed by atoms with Gasteiger partial charge in [0.2, 0.25) is 5.88 Å². The zero-order valence-corrected chi connectivity index (χ0v) is 18.6. The van der Waals surface area contributed by atoms with Gasteiger partial charge in [-0.05, 0) is 36.4 Å².